The van der Waals surface area contributed by atoms with Crippen LogP contribution in [0.25, 0.3) is 0 Å². The summed E-state index contributed by atoms with van der Waals surface area (Å²) in [5, 5.41) is 0. The summed E-state index contributed by atoms with van der Waals surface area (Å²) < 4.78 is 0. The van der Waals surface area contributed by atoms with E-state index in [4.69, 9.17) is 5.73 Å². The SMILES string of the molecule is Cc1ccc(C(=O)C2CCCCCC2N)cn1. The number of nitrogens with two attached hydrogens (primary N) is 1. The van der Waals surface area contributed by atoms with Crippen molar-refractivity contribution in [2.75, 3.05) is 0 Å². The lowest BCUT2D eigenvalue weighted by molar-refractivity contribution is 0.0894. The predicted molar refractivity (Wildman–Crippen MR) is 67.9 cm³/mol. The van der Waals surface area contributed by atoms with Gasteiger partial charge in [0.25, 0.3) is 0 Å². The lowest BCUT2D eigenvalue weighted by atomic mass is 9.88. The molecular formula is C14H20N2O. The Kier molecular flexibility index (Phi) is 3.89. The zero-order valence-corrected chi connectivity index (χ0v) is 10.4. The molecule has 1 aromatic rings. The molecule has 1 fully saturated rings. The Hall–Kier alpha value is -1.22. The molecule has 0 saturated heterocycles. The highest BCUT2D eigenvalue weighted by Crippen LogP contribution is 2.25. The molecule has 2 rings (SSSR count). The second-order valence-corrected chi connectivity index (χ2v) is 4.96. The molecule has 3 heteroatoms. The van der Waals surface area contributed by atoms with Crippen molar-refractivity contribution in [1.82, 2.24) is 4.98 Å². The van der Waals surface area contributed by atoms with Crippen LogP contribution in [0.3, 0.4) is 0 Å². The van der Waals surface area contributed by atoms with Crippen molar-refractivity contribution in [3.05, 3.63) is 29.6 Å². The summed E-state index contributed by atoms with van der Waals surface area (Å²) in [6.07, 6.45) is 7.03. The lowest BCUT2D eigenvalue weighted by Crippen LogP contribution is -2.34. The third kappa shape index (κ3) is 2.91. The second kappa shape index (κ2) is 5.41. The summed E-state index contributed by atoms with van der Waals surface area (Å²) in [5.41, 5.74) is 7.75. The molecule has 0 spiro atoms. The monoisotopic (exact) mass is 232 g/mol. The molecule has 0 radical (unpaired) electrons. The Bertz CT molecular complexity index is 386. The van der Waals surface area contributed by atoms with Crippen molar-refractivity contribution in [3.63, 3.8) is 0 Å². The standard InChI is InChI=1S/C14H20N2O/c1-10-7-8-11(9-16-10)14(17)12-5-3-2-4-6-13(12)15/h7-9,12-13H,2-6,15H2,1H3. The summed E-state index contributed by atoms with van der Waals surface area (Å²) in [5.74, 6) is 0.161. The summed E-state index contributed by atoms with van der Waals surface area (Å²) in [4.78, 5) is 16.5. The van der Waals surface area contributed by atoms with Crippen LogP contribution in [0.2, 0.25) is 0 Å². The number of rotatable bonds is 2. The molecule has 3 nitrogen and oxygen atoms in total. The Morgan fingerprint density at radius 1 is 1.29 bits per heavy atom. The van der Waals surface area contributed by atoms with Gasteiger partial charge in [-0.3, -0.25) is 9.78 Å². The van der Waals surface area contributed by atoms with Crippen LogP contribution in [0, 0.1) is 12.8 Å². The molecule has 1 heterocycles. The van der Waals surface area contributed by atoms with Gasteiger partial charge in [-0.2, -0.15) is 0 Å². The van der Waals surface area contributed by atoms with Gasteiger partial charge in [0.05, 0.1) is 0 Å². The maximum Gasteiger partial charge on any atom is 0.169 e. The van der Waals surface area contributed by atoms with Crippen LogP contribution in [-0.4, -0.2) is 16.8 Å². The number of Topliss-reactive ketones (excluding diaryl/α,β-unsaturated/α-hetero) is 1. The highest BCUT2D eigenvalue weighted by atomic mass is 16.1. The van der Waals surface area contributed by atoms with E-state index in [1.54, 1.807) is 6.20 Å². The first-order valence-electron chi connectivity index (χ1n) is 6.41. The lowest BCUT2D eigenvalue weighted by Gasteiger charge is -2.19. The number of carbonyl (C=O) groups excluding carboxylic acids is 1. The van der Waals surface area contributed by atoms with Crippen LogP contribution in [-0.2, 0) is 0 Å². The van der Waals surface area contributed by atoms with Crippen molar-refractivity contribution >= 4 is 5.78 Å². The topological polar surface area (TPSA) is 56.0 Å². The van der Waals surface area contributed by atoms with Gasteiger partial charge in [0.15, 0.2) is 5.78 Å². The molecule has 92 valence electrons. The maximum atomic E-state index is 12.4. The van der Waals surface area contributed by atoms with E-state index in [-0.39, 0.29) is 17.7 Å². The first-order valence-corrected chi connectivity index (χ1v) is 6.41. The van der Waals surface area contributed by atoms with Crippen LogP contribution in [0.15, 0.2) is 18.3 Å². The summed E-state index contributed by atoms with van der Waals surface area (Å²) in [6, 6.07) is 3.77. The molecule has 0 bridgehead atoms. The number of nitrogens with zero attached hydrogens (tertiary/aromatic N) is 1. The number of ketones is 1. The van der Waals surface area contributed by atoms with E-state index in [2.05, 4.69) is 4.98 Å². The number of hydrogen-bond acceptors (Lipinski definition) is 3. The molecular weight excluding hydrogens is 212 g/mol. The first kappa shape index (κ1) is 12.2. The molecule has 0 aliphatic heterocycles. The van der Waals surface area contributed by atoms with Gasteiger partial charge in [-0.15, -0.1) is 0 Å². The fourth-order valence-electron chi connectivity index (χ4n) is 2.49. The van der Waals surface area contributed by atoms with E-state index >= 15 is 0 Å². The normalized spacial score (nSPS) is 25.3. The number of pyridine rings is 1. The third-order valence-corrected chi connectivity index (χ3v) is 3.60. The summed E-state index contributed by atoms with van der Waals surface area (Å²) in [6.45, 7) is 1.92. The van der Waals surface area contributed by atoms with Crippen LogP contribution in [0.4, 0.5) is 0 Å². The molecule has 0 aromatic carbocycles. The molecule has 17 heavy (non-hydrogen) atoms. The Morgan fingerprint density at radius 2 is 2.06 bits per heavy atom. The van der Waals surface area contributed by atoms with E-state index in [1.807, 2.05) is 19.1 Å². The smallest absolute Gasteiger partial charge is 0.169 e. The molecule has 2 N–H and O–H groups in total. The first-order chi connectivity index (χ1) is 8.18. The Labute approximate surface area is 102 Å². The van der Waals surface area contributed by atoms with Crippen LogP contribution in [0.5, 0.6) is 0 Å². The Balaban J connectivity index is 2.15. The minimum absolute atomic E-state index is 0.0120. The van der Waals surface area contributed by atoms with Gasteiger partial charge in [-0.25, -0.2) is 0 Å². The molecule has 2 atom stereocenters. The fraction of sp³-hybridized carbons (Fsp3) is 0.571. The average molecular weight is 232 g/mol. The number of aryl methyl sites for hydroxylation is 1. The number of hydrogen-bond donors (Lipinski definition) is 1. The third-order valence-electron chi connectivity index (χ3n) is 3.60. The molecule has 1 saturated carbocycles. The van der Waals surface area contributed by atoms with E-state index in [1.165, 1.54) is 6.42 Å². The molecule has 1 aliphatic rings. The zero-order valence-electron chi connectivity index (χ0n) is 10.4. The van der Waals surface area contributed by atoms with Gasteiger partial charge in [0, 0.05) is 29.4 Å². The fourth-order valence-corrected chi connectivity index (χ4v) is 2.49. The van der Waals surface area contributed by atoms with Crippen LogP contribution in [0.1, 0.15) is 48.2 Å². The van der Waals surface area contributed by atoms with Gasteiger partial charge in [0.1, 0.15) is 0 Å². The number of carbonyl (C=O) groups is 1. The summed E-state index contributed by atoms with van der Waals surface area (Å²) >= 11 is 0. The molecule has 0 amide bonds. The Morgan fingerprint density at radius 3 is 2.76 bits per heavy atom. The highest BCUT2D eigenvalue weighted by molar-refractivity contribution is 5.98. The van der Waals surface area contributed by atoms with Crippen molar-refractivity contribution in [1.29, 1.82) is 0 Å². The highest BCUT2D eigenvalue weighted by Gasteiger charge is 2.27. The maximum absolute atomic E-state index is 12.4. The van der Waals surface area contributed by atoms with Gasteiger partial charge in [0.2, 0.25) is 0 Å². The number of aromatic nitrogens is 1. The van der Waals surface area contributed by atoms with Crippen molar-refractivity contribution in [3.8, 4) is 0 Å². The van der Waals surface area contributed by atoms with Gasteiger partial charge < -0.3 is 5.73 Å². The summed E-state index contributed by atoms with van der Waals surface area (Å²) in [7, 11) is 0. The van der Waals surface area contributed by atoms with Crippen molar-refractivity contribution < 1.29 is 4.79 Å². The second-order valence-electron chi connectivity index (χ2n) is 4.96. The van der Waals surface area contributed by atoms with Gasteiger partial charge in [-0.05, 0) is 31.9 Å². The van der Waals surface area contributed by atoms with E-state index in [0.29, 0.717) is 5.56 Å². The predicted octanol–water partition coefficient (Wildman–Crippen LogP) is 2.48. The minimum Gasteiger partial charge on any atom is -0.327 e. The van der Waals surface area contributed by atoms with E-state index in [0.717, 1.165) is 31.4 Å². The molecule has 1 aliphatic carbocycles. The zero-order chi connectivity index (χ0) is 12.3. The molecule has 2 unspecified atom stereocenters. The average Bonchev–Trinajstić information content (AvgIpc) is 2.54. The largest absolute Gasteiger partial charge is 0.327 e. The van der Waals surface area contributed by atoms with Gasteiger partial charge >= 0.3 is 0 Å². The van der Waals surface area contributed by atoms with Crippen molar-refractivity contribution in [2.45, 2.75) is 45.1 Å². The van der Waals surface area contributed by atoms with Crippen molar-refractivity contribution in [2.24, 2.45) is 11.7 Å². The van der Waals surface area contributed by atoms with E-state index in [9.17, 15) is 4.79 Å². The minimum atomic E-state index is -0.0120. The van der Waals surface area contributed by atoms with Crippen LogP contribution < -0.4 is 5.73 Å². The van der Waals surface area contributed by atoms with E-state index < -0.39 is 0 Å². The van der Waals surface area contributed by atoms with Gasteiger partial charge in [-0.1, -0.05) is 19.3 Å². The molecule has 1 aromatic heterocycles. The quantitative estimate of drug-likeness (QED) is 0.629. The van der Waals surface area contributed by atoms with Crippen LogP contribution >= 0.6 is 0 Å².